The van der Waals surface area contributed by atoms with E-state index < -0.39 is 0 Å². The minimum atomic E-state index is 0.483. The van der Waals surface area contributed by atoms with E-state index in [0.29, 0.717) is 12.5 Å². The molecular weight excluding hydrogens is 282 g/mol. The van der Waals surface area contributed by atoms with Gasteiger partial charge in [0.05, 0.1) is 18.4 Å². The van der Waals surface area contributed by atoms with Crippen LogP contribution in [0.25, 0.3) is 0 Å². The average Bonchev–Trinajstić information content (AvgIpc) is 2.99. The maximum atomic E-state index is 6.08. The topological polar surface area (TPSA) is 101 Å². The molecular formula is C13H19N9. The van der Waals surface area contributed by atoms with Crippen molar-refractivity contribution in [3.05, 3.63) is 30.4 Å². The van der Waals surface area contributed by atoms with E-state index in [1.165, 1.54) is 0 Å². The molecule has 1 saturated heterocycles. The lowest BCUT2D eigenvalue weighted by Crippen LogP contribution is -2.51. The molecule has 0 spiro atoms. The van der Waals surface area contributed by atoms with Gasteiger partial charge in [0, 0.05) is 45.6 Å². The Hall–Kier alpha value is -2.71. The number of piperazine rings is 1. The van der Waals surface area contributed by atoms with Crippen LogP contribution in [0.4, 0.5) is 5.95 Å². The minimum absolute atomic E-state index is 0.483. The highest BCUT2D eigenvalue weighted by Crippen LogP contribution is 2.09. The molecule has 9 nitrogen and oxygen atoms in total. The Bertz CT molecular complexity index is 628. The van der Waals surface area contributed by atoms with Crippen molar-refractivity contribution in [2.75, 3.05) is 31.1 Å². The maximum Gasteiger partial charge on any atom is 0.225 e. The van der Waals surface area contributed by atoms with Crippen molar-refractivity contribution in [3.8, 4) is 0 Å². The molecule has 0 radical (unpaired) electrons. The van der Waals surface area contributed by atoms with Crippen LogP contribution in [-0.4, -0.2) is 62.0 Å². The fraction of sp³-hybridized carbons (Fsp3) is 0.462. The van der Waals surface area contributed by atoms with Crippen molar-refractivity contribution >= 4 is 11.9 Å². The second-order valence-corrected chi connectivity index (χ2v) is 5.05. The zero-order valence-corrected chi connectivity index (χ0v) is 12.5. The second kappa shape index (κ2) is 6.37. The monoisotopic (exact) mass is 301 g/mol. The van der Waals surface area contributed by atoms with Crippen LogP contribution in [0.15, 0.2) is 29.6 Å². The zero-order chi connectivity index (χ0) is 15.4. The second-order valence-electron chi connectivity index (χ2n) is 5.05. The summed E-state index contributed by atoms with van der Waals surface area (Å²) in [4.78, 5) is 17.2. The van der Waals surface area contributed by atoms with E-state index in [-0.39, 0.29) is 0 Å². The van der Waals surface area contributed by atoms with E-state index in [2.05, 4.69) is 35.1 Å². The molecule has 0 amide bonds. The van der Waals surface area contributed by atoms with Gasteiger partial charge in [-0.15, -0.1) is 5.10 Å². The summed E-state index contributed by atoms with van der Waals surface area (Å²) in [7, 11) is 1.84. The van der Waals surface area contributed by atoms with Crippen LogP contribution in [0.3, 0.4) is 0 Å². The molecule has 0 aliphatic carbocycles. The minimum Gasteiger partial charge on any atom is -0.370 e. The van der Waals surface area contributed by atoms with Gasteiger partial charge >= 0.3 is 0 Å². The van der Waals surface area contributed by atoms with E-state index in [4.69, 9.17) is 5.73 Å². The van der Waals surface area contributed by atoms with E-state index in [1.807, 2.05) is 13.1 Å². The van der Waals surface area contributed by atoms with Gasteiger partial charge in [-0.1, -0.05) is 5.21 Å². The molecule has 0 saturated carbocycles. The van der Waals surface area contributed by atoms with Gasteiger partial charge in [0.25, 0.3) is 0 Å². The number of nitrogens with zero attached hydrogens (tertiary/aromatic N) is 8. The highest BCUT2D eigenvalue weighted by atomic mass is 15.4. The third-order valence-electron chi connectivity index (χ3n) is 3.65. The molecule has 2 N–H and O–H groups in total. The summed E-state index contributed by atoms with van der Waals surface area (Å²) < 4.78 is 1.70. The van der Waals surface area contributed by atoms with Gasteiger partial charge in [0.2, 0.25) is 5.95 Å². The first-order chi connectivity index (χ1) is 10.7. The molecule has 22 heavy (non-hydrogen) atoms. The predicted molar refractivity (Wildman–Crippen MR) is 82.1 cm³/mol. The van der Waals surface area contributed by atoms with Crippen LogP contribution in [-0.2, 0) is 13.6 Å². The van der Waals surface area contributed by atoms with Crippen LogP contribution in [0.2, 0.25) is 0 Å². The van der Waals surface area contributed by atoms with Crippen molar-refractivity contribution in [1.29, 1.82) is 0 Å². The number of anilines is 1. The molecule has 2 aromatic rings. The van der Waals surface area contributed by atoms with Crippen LogP contribution < -0.4 is 10.6 Å². The zero-order valence-electron chi connectivity index (χ0n) is 12.5. The summed E-state index contributed by atoms with van der Waals surface area (Å²) in [5, 5.41) is 7.70. The number of nitrogens with two attached hydrogens (primary N) is 1. The first-order valence-corrected chi connectivity index (χ1v) is 7.14. The third kappa shape index (κ3) is 3.13. The van der Waals surface area contributed by atoms with E-state index in [9.17, 15) is 0 Å². The summed E-state index contributed by atoms with van der Waals surface area (Å²) >= 11 is 0. The number of hydrogen-bond acceptors (Lipinski definition) is 6. The van der Waals surface area contributed by atoms with Crippen molar-refractivity contribution in [2.24, 2.45) is 17.8 Å². The van der Waals surface area contributed by atoms with Gasteiger partial charge in [-0.05, 0) is 6.07 Å². The SMILES string of the molecule is Cn1nncc1CN=C(N)N1CCN(c2ncccn2)CC1. The quantitative estimate of drug-likeness (QED) is 0.587. The van der Waals surface area contributed by atoms with Gasteiger partial charge in [-0.3, -0.25) is 4.68 Å². The Morgan fingerprint density at radius 2 is 1.95 bits per heavy atom. The molecule has 116 valence electrons. The van der Waals surface area contributed by atoms with Crippen LogP contribution in [0, 0.1) is 0 Å². The van der Waals surface area contributed by atoms with Gasteiger partial charge in [-0.2, -0.15) is 0 Å². The molecule has 2 aromatic heterocycles. The number of hydrogen-bond donors (Lipinski definition) is 1. The first-order valence-electron chi connectivity index (χ1n) is 7.14. The fourth-order valence-corrected chi connectivity index (χ4v) is 2.31. The molecule has 0 atom stereocenters. The van der Waals surface area contributed by atoms with Gasteiger partial charge < -0.3 is 15.5 Å². The van der Waals surface area contributed by atoms with Crippen molar-refractivity contribution in [2.45, 2.75) is 6.54 Å². The predicted octanol–water partition coefficient (Wildman–Crippen LogP) is -0.758. The normalized spacial score (nSPS) is 16.1. The van der Waals surface area contributed by atoms with Crippen LogP contribution >= 0.6 is 0 Å². The van der Waals surface area contributed by atoms with E-state index in [0.717, 1.165) is 37.8 Å². The molecule has 0 bridgehead atoms. The number of rotatable bonds is 3. The third-order valence-corrected chi connectivity index (χ3v) is 3.65. The lowest BCUT2D eigenvalue weighted by Gasteiger charge is -2.35. The first kappa shape index (κ1) is 14.2. The number of aryl methyl sites for hydroxylation is 1. The highest BCUT2D eigenvalue weighted by molar-refractivity contribution is 5.78. The summed E-state index contributed by atoms with van der Waals surface area (Å²) in [5.74, 6) is 1.31. The Kier molecular flexibility index (Phi) is 4.12. The largest absolute Gasteiger partial charge is 0.370 e. The molecule has 3 heterocycles. The summed E-state index contributed by atoms with van der Waals surface area (Å²) in [6.45, 7) is 3.74. The van der Waals surface area contributed by atoms with Gasteiger partial charge in [0.15, 0.2) is 5.96 Å². The molecule has 1 aliphatic rings. The molecule has 1 aliphatic heterocycles. The molecule has 3 rings (SSSR count). The number of aromatic nitrogens is 5. The molecule has 0 aromatic carbocycles. The Balaban J connectivity index is 1.55. The summed E-state index contributed by atoms with van der Waals surface area (Å²) in [5.41, 5.74) is 7.01. The standard InChI is InChI=1S/C13H19N9/c1-20-11(10-18-19-20)9-17-12(14)21-5-7-22(8-6-21)13-15-3-2-4-16-13/h2-4,10H,5-9H2,1H3,(H2,14,17). The Morgan fingerprint density at radius 1 is 1.23 bits per heavy atom. The Labute approximate surface area is 128 Å². The van der Waals surface area contributed by atoms with Crippen molar-refractivity contribution < 1.29 is 0 Å². The smallest absolute Gasteiger partial charge is 0.225 e. The fourth-order valence-electron chi connectivity index (χ4n) is 2.31. The number of guanidine groups is 1. The molecule has 1 fully saturated rings. The van der Waals surface area contributed by atoms with Gasteiger partial charge in [-0.25, -0.2) is 15.0 Å². The van der Waals surface area contributed by atoms with Crippen LogP contribution in [0.5, 0.6) is 0 Å². The maximum absolute atomic E-state index is 6.08. The Morgan fingerprint density at radius 3 is 2.59 bits per heavy atom. The van der Waals surface area contributed by atoms with Crippen LogP contribution in [0.1, 0.15) is 5.69 Å². The van der Waals surface area contributed by atoms with E-state index in [1.54, 1.807) is 23.3 Å². The lowest BCUT2D eigenvalue weighted by atomic mass is 10.3. The van der Waals surface area contributed by atoms with E-state index >= 15 is 0 Å². The summed E-state index contributed by atoms with van der Waals surface area (Å²) in [6, 6.07) is 1.82. The molecule has 0 unspecified atom stereocenters. The average molecular weight is 301 g/mol. The molecule has 9 heteroatoms. The number of aliphatic imine (C=N–C) groups is 1. The lowest BCUT2D eigenvalue weighted by molar-refractivity contribution is 0.378. The van der Waals surface area contributed by atoms with Crippen molar-refractivity contribution in [1.82, 2.24) is 29.9 Å². The highest BCUT2D eigenvalue weighted by Gasteiger charge is 2.19. The van der Waals surface area contributed by atoms with Gasteiger partial charge in [0.1, 0.15) is 0 Å². The van der Waals surface area contributed by atoms with Crippen molar-refractivity contribution in [3.63, 3.8) is 0 Å². The summed E-state index contributed by atoms with van der Waals surface area (Å²) in [6.07, 6.45) is 5.21.